The van der Waals surface area contributed by atoms with Crippen molar-refractivity contribution in [3.05, 3.63) is 68.7 Å². The highest BCUT2D eigenvalue weighted by Gasteiger charge is 2.39. The van der Waals surface area contributed by atoms with Crippen molar-refractivity contribution in [1.82, 2.24) is 9.80 Å². The number of nitrogens with zero attached hydrogens (tertiary/aromatic N) is 2. The Bertz CT molecular complexity index is 1050. The highest BCUT2D eigenvalue weighted by atomic mass is 35.5. The average Bonchev–Trinajstić information content (AvgIpc) is 2.84. The third-order valence-corrected chi connectivity index (χ3v) is 8.40. The number of amides is 1. The number of aryl methyl sites for hydroxylation is 1. The second-order valence-electron chi connectivity index (χ2n) is 9.72. The number of rotatable bonds is 5. The molecule has 2 atom stereocenters. The molecule has 1 N–H and O–H groups in total. The molecule has 0 radical (unpaired) electrons. The summed E-state index contributed by atoms with van der Waals surface area (Å²) in [4.78, 5) is 29.1. The van der Waals surface area contributed by atoms with Crippen LogP contribution >= 0.6 is 23.2 Å². The van der Waals surface area contributed by atoms with Crippen LogP contribution in [0.25, 0.3) is 0 Å². The Labute approximate surface area is 211 Å². The molecule has 2 aliphatic rings. The lowest BCUT2D eigenvalue weighted by Crippen LogP contribution is -2.55. The Morgan fingerprint density at radius 1 is 0.971 bits per heavy atom. The van der Waals surface area contributed by atoms with Crippen molar-refractivity contribution in [1.29, 1.82) is 0 Å². The fourth-order valence-corrected chi connectivity index (χ4v) is 5.83. The van der Waals surface area contributed by atoms with E-state index >= 15 is 0 Å². The van der Waals surface area contributed by atoms with Gasteiger partial charge in [0, 0.05) is 34.7 Å². The first kappa shape index (κ1) is 25.0. The van der Waals surface area contributed by atoms with Gasteiger partial charge in [-0.1, -0.05) is 47.0 Å². The molecule has 0 saturated carbocycles. The van der Waals surface area contributed by atoms with Gasteiger partial charge in [-0.2, -0.15) is 0 Å². The summed E-state index contributed by atoms with van der Waals surface area (Å²) >= 11 is 12.7. The molecule has 0 spiro atoms. The molecule has 2 saturated heterocycles. The van der Waals surface area contributed by atoms with Crippen LogP contribution in [0, 0.1) is 19.8 Å². The van der Waals surface area contributed by atoms with E-state index < -0.39 is 12.0 Å². The number of piperidine rings is 2. The molecular formula is C27H32Cl2N2O3. The number of carbonyl (C=O) groups excluding carboxylic acids is 1. The summed E-state index contributed by atoms with van der Waals surface area (Å²) < 4.78 is 0. The topological polar surface area (TPSA) is 60.9 Å². The predicted molar refractivity (Wildman–Crippen MR) is 136 cm³/mol. The predicted octanol–water partition coefficient (Wildman–Crippen LogP) is 5.62. The van der Waals surface area contributed by atoms with Crippen molar-refractivity contribution in [3.8, 4) is 0 Å². The summed E-state index contributed by atoms with van der Waals surface area (Å²) in [6, 6.07) is 11.2. The number of carboxylic acids is 1. The van der Waals surface area contributed by atoms with Crippen molar-refractivity contribution < 1.29 is 14.7 Å². The minimum atomic E-state index is -0.763. The molecule has 0 bridgehead atoms. The monoisotopic (exact) mass is 502 g/mol. The molecule has 182 valence electrons. The standard InChI is InChI=1S/C27H32Cl2N2O3/c1-17-3-5-20(6-4-17)26(32)30-12-10-22(11-13-30)31-14-9-19(16-24(31)27(33)34)15-21-7-8-23(28)18(2)25(21)29/h3-8,19,22,24H,9-16H2,1-2H3,(H,33,34)/t19-,24+/m0/s1. The van der Waals surface area contributed by atoms with E-state index in [1.165, 1.54) is 0 Å². The minimum absolute atomic E-state index is 0.0575. The number of hydrogen-bond donors (Lipinski definition) is 1. The number of halogens is 2. The number of carboxylic acid groups (broad SMARTS) is 1. The van der Waals surface area contributed by atoms with E-state index in [4.69, 9.17) is 23.2 Å². The normalized spacial score (nSPS) is 22.1. The summed E-state index contributed by atoms with van der Waals surface area (Å²) in [5.74, 6) is -0.443. The molecule has 34 heavy (non-hydrogen) atoms. The Morgan fingerprint density at radius 2 is 1.65 bits per heavy atom. The minimum Gasteiger partial charge on any atom is -0.480 e. The fourth-order valence-electron chi connectivity index (χ4n) is 5.39. The van der Waals surface area contributed by atoms with Gasteiger partial charge in [0.2, 0.25) is 0 Å². The maximum absolute atomic E-state index is 12.9. The van der Waals surface area contributed by atoms with Gasteiger partial charge in [0.05, 0.1) is 0 Å². The summed E-state index contributed by atoms with van der Waals surface area (Å²) in [7, 11) is 0. The van der Waals surface area contributed by atoms with Crippen LogP contribution < -0.4 is 0 Å². The fraction of sp³-hybridized carbons (Fsp3) is 0.481. The van der Waals surface area contributed by atoms with E-state index in [9.17, 15) is 14.7 Å². The Balaban J connectivity index is 1.37. The van der Waals surface area contributed by atoms with E-state index in [-0.39, 0.29) is 17.9 Å². The SMILES string of the molecule is Cc1ccc(C(=O)N2CCC(N3CC[C@@H](Cc4ccc(Cl)c(C)c4Cl)C[C@@H]3C(=O)O)CC2)cc1. The van der Waals surface area contributed by atoms with E-state index in [1.807, 2.05) is 55.1 Å². The molecule has 2 aromatic rings. The van der Waals surface area contributed by atoms with Gasteiger partial charge in [-0.25, -0.2) is 0 Å². The maximum atomic E-state index is 12.9. The summed E-state index contributed by atoms with van der Waals surface area (Å²) in [5, 5.41) is 11.4. The molecule has 2 heterocycles. The van der Waals surface area contributed by atoms with E-state index in [0.29, 0.717) is 35.1 Å². The Morgan fingerprint density at radius 3 is 2.29 bits per heavy atom. The van der Waals surface area contributed by atoms with Gasteiger partial charge in [0.25, 0.3) is 5.91 Å². The zero-order chi connectivity index (χ0) is 24.4. The molecule has 2 fully saturated rings. The van der Waals surface area contributed by atoms with E-state index in [1.54, 1.807) is 0 Å². The molecule has 0 aliphatic carbocycles. The second kappa shape index (κ2) is 10.7. The van der Waals surface area contributed by atoms with Gasteiger partial charge >= 0.3 is 5.97 Å². The van der Waals surface area contributed by atoms with Crippen LogP contribution in [-0.2, 0) is 11.2 Å². The van der Waals surface area contributed by atoms with Crippen molar-refractivity contribution in [2.75, 3.05) is 19.6 Å². The molecule has 4 rings (SSSR count). The van der Waals surface area contributed by atoms with Crippen LogP contribution in [0.2, 0.25) is 10.0 Å². The number of likely N-dealkylation sites (tertiary alicyclic amines) is 2. The van der Waals surface area contributed by atoms with Crippen LogP contribution in [-0.4, -0.2) is 58.5 Å². The molecule has 0 aromatic heterocycles. The molecule has 2 aromatic carbocycles. The summed E-state index contributed by atoms with van der Waals surface area (Å²) in [6.45, 7) is 5.98. The number of hydrogen-bond acceptors (Lipinski definition) is 3. The highest BCUT2D eigenvalue weighted by molar-refractivity contribution is 6.36. The molecule has 7 heteroatoms. The zero-order valence-corrected chi connectivity index (χ0v) is 21.3. The lowest BCUT2D eigenvalue weighted by atomic mass is 9.84. The van der Waals surface area contributed by atoms with Crippen LogP contribution in [0.5, 0.6) is 0 Å². The Kier molecular flexibility index (Phi) is 7.86. The third-order valence-electron chi connectivity index (χ3n) is 7.47. The molecule has 1 amide bonds. The first-order valence-electron chi connectivity index (χ1n) is 12.0. The summed E-state index contributed by atoms with van der Waals surface area (Å²) in [6.07, 6.45) is 3.90. The lowest BCUT2D eigenvalue weighted by molar-refractivity contribution is -0.147. The molecular weight excluding hydrogens is 471 g/mol. The van der Waals surface area contributed by atoms with Crippen molar-refractivity contribution >= 4 is 35.1 Å². The molecule has 5 nitrogen and oxygen atoms in total. The maximum Gasteiger partial charge on any atom is 0.320 e. The van der Waals surface area contributed by atoms with Gasteiger partial charge < -0.3 is 10.0 Å². The van der Waals surface area contributed by atoms with Gasteiger partial charge in [-0.3, -0.25) is 14.5 Å². The number of carbonyl (C=O) groups is 2. The smallest absolute Gasteiger partial charge is 0.320 e. The van der Waals surface area contributed by atoms with E-state index in [2.05, 4.69) is 4.90 Å². The third kappa shape index (κ3) is 5.42. The quantitative estimate of drug-likeness (QED) is 0.575. The largest absolute Gasteiger partial charge is 0.480 e. The first-order chi connectivity index (χ1) is 16.2. The number of benzene rings is 2. The van der Waals surface area contributed by atoms with Gasteiger partial charge in [0.15, 0.2) is 0 Å². The van der Waals surface area contributed by atoms with Crippen molar-refractivity contribution in [2.45, 2.75) is 58.0 Å². The highest BCUT2D eigenvalue weighted by Crippen LogP contribution is 2.34. The molecule has 0 unspecified atom stereocenters. The Hall–Kier alpha value is -2.08. The van der Waals surface area contributed by atoms with Crippen LogP contribution in [0.4, 0.5) is 0 Å². The molecule has 2 aliphatic heterocycles. The van der Waals surface area contributed by atoms with Gasteiger partial charge in [-0.05, 0) is 87.7 Å². The van der Waals surface area contributed by atoms with E-state index in [0.717, 1.165) is 48.9 Å². The second-order valence-corrected chi connectivity index (χ2v) is 10.5. The summed E-state index contributed by atoms with van der Waals surface area (Å²) in [5.41, 5.74) is 3.75. The van der Waals surface area contributed by atoms with Crippen LogP contribution in [0.15, 0.2) is 36.4 Å². The number of aliphatic carboxylic acids is 1. The first-order valence-corrected chi connectivity index (χ1v) is 12.8. The van der Waals surface area contributed by atoms with Crippen molar-refractivity contribution in [2.24, 2.45) is 5.92 Å². The van der Waals surface area contributed by atoms with Crippen LogP contribution in [0.1, 0.15) is 52.7 Å². The zero-order valence-electron chi connectivity index (χ0n) is 19.8. The van der Waals surface area contributed by atoms with Gasteiger partial charge in [-0.15, -0.1) is 0 Å². The van der Waals surface area contributed by atoms with Crippen molar-refractivity contribution in [3.63, 3.8) is 0 Å². The van der Waals surface area contributed by atoms with Crippen LogP contribution in [0.3, 0.4) is 0 Å². The lowest BCUT2D eigenvalue weighted by Gasteiger charge is -2.45. The average molecular weight is 503 g/mol. The van der Waals surface area contributed by atoms with Gasteiger partial charge in [0.1, 0.15) is 6.04 Å².